The van der Waals surface area contributed by atoms with Gasteiger partial charge >= 0.3 is 0 Å². The first-order valence-electron chi connectivity index (χ1n) is 11.9. The second-order valence-corrected chi connectivity index (χ2v) is 10.9. The van der Waals surface area contributed by atoms with Crippen LogP contribution in [0.4, 0.5) is 0 Å². The van der Waals surface area contributed by atoms with E-state index in [1.54, 1.807) is 19.2 Å². The van der Waals surface area contributed by atoms with Crippen molar-refractivity contribution in [3.05, 3.63) is 102 Å². The Labute approximate surface area is 207 Å². The third-order valence-electron chi connectivity index (χ3n) is 6.81. The predicted molar refractivity (Wildman–Crippen MR) is 138 cm³/mol. The normalized spacial score (nSPS) is 20.2. The van der Waals surface area contributed by atoms with Crippen molar-refractivity contribution >= 4 is 15.9 Å². The Morgan fingerprint density at radius 3 is 2.17 bits per heavy atom. The Hall–Kier alpha value is -3.16. The highest BCUT2D eigenvalue weighted by Gasteiger charge is 2.38. The third kappa shape index (κ3) is 6.29. The van der Waals surface area contributed by atoms with Crippen molar-refractivity contribution in [3.63, 3.8) is 0 Å². The average Bonchev–Trinajstić information content (AvgIpc) is 2.89. The molecule has 0 unspecified atom stereocenters. The molecule has 7 heteroatoms. The molecule has 6 nitrogen and oxygen atoms in total. The lowest BCUT2D eigenvalue weighted by atomic mass is 9.68. The standard InChI is InChI=1S/C28H32N2O4S/c1-34-26-15-9-8-14-25(26)27(31)29-21-28(23-12-6-3-7-13-23)18-16-24(17-19-28)30-35(32,33)20-22-10-4-2-5-11-22/h2-15,24,30H,16-21H2,1H3,(H,29,31). The van der Waals surface area contributed by atoms with Crippen LogP contribution in [0.1, 0.15) is 47.2 Å². The lowest BCUT2D eigenvalue weighted by Gasteiger charge is -2.41. The molecule has 1 fully saturated rings. The van der Waals surface area contributed by atoms with Gasteiger partial charge in [-0.2, -0.15) is 0 Å². The van der Waals surface area contributed by atoms with E-state index in [9.17, 15) is 13.2 Å². The Balaban J connectivity index is 1.44. The molecule has 4 rings (SSSR count). The number of hydrogen-bond acceptors (Lipinski definition) is 4. The predicted octanol–water partition coefficient (Wildman–Crippen LogP) is 4.43. The van der Waals surface area contributed by atoms with Gasteiger partial charge in [-0.05, 0) is 48.9 Å². The number of rotatable bonds is 9. The average molecular weight is 493 g/mol. The highest BCUT2D eigenvalue weighted by Crippen LogP contribution is 2.39. The molecule has 1 aliphatic carbocycles. The lowest BCUT2D eigenvalue weighted by Crippen LogP contribution is -2.47. The van der Waals surface area contributed by atoms with Gasteiger partial charge in [0.2, 0.25) is 10.0 Å². The molecular formula is C28H32N2O4S. The van der Waals surface area contributed by atoms with Gasteiger partial charge in [-0.1, -0.05) is 72.8 Å². The quantitative estimate of drug-likeness (QED) is 0.463. The van der Waals surface area contributed by atoms with E-state index in [2.05, 4.69) is 22.2 Å². The van der Waals surface area contributed by atoms with Gasteiger partial charge in [-0.3, -0.25) is 4.79 Å². The lowest BCUT2D eigenvalue weighted by molar-refractivity contribution is 0.0932. The van der Waals surface area contributed by atoms with Gasteiger partial charge in [-0.15, -0.1) is 0 Å². The van der Waals surface area contributed by atoms with Crippen molar-refractivity contribution in [2.75, 3.05) is 13.7 Å². The number of ether oxygens (including phenoxy) is 1. The summed E-state index contributed by atoms with van der Waals surface area (Å²) >= 11 is 0. The van der Waals surface area contributed by atoms with Crippen molar-refractivity contribution in [3.8, 4) is 5.75 Å². The number of sulfonamides is 1. The molecule has 0 saturated heterocycles. The topological polar surface area (TPSA) is 84.5 Å². The molecule has 2 N–H and O–H groups in total. The molecular weight excluding hydrogens is 460 g/mol. The van der Waals surface area contributed by atoms with Gasteiger partial charge < -0.3 is 10.1 Å². The summed E-state index contributed by atoms with van der Waals surface area (Å²) in [7, 11) is -1.89. The summed E-state index contributed by atoms with van der Waals surface area (Å²) in [4.78, 5) is 13.0. The Kier molecular flexibility index (Phi) is 7.88. The number of carbonyl (C=O) groups excluding carboxylic acids is 1. The number of amides is 1. The molecule has 1 saturated carbocycles. The maximum absolute atomic E-state index is 13.0. The zero-order valence-corrected chi connectivity index (χ0v) is 20.8. The number of para-hydroxylation sites is 1. The van der Waals surface area contributed by atoms with E-state index >= 15 is 0 Å². The van der Waals surface area contributed by atoms with Gasteiger partial charge in [0, 0.05) is 18.0 Å². The van der Waals surface area contributed by atoms with E-state index in [1.807, 2.05) is 60.7 Å². The van der Waals surface area contributed by atoms with Crippen molar-refractivity contribution in [1.82, 2.24) is 10.0 Å². The van der Waals surface area contributed by atoms with Crippen LogP contribution in [-0.2, 0) is 21.2 Å². The molecule has 0 heterocycles. The van der Waals surface area contributed by atoms with E-state index in [1.165, 1.54) is 0 Å². The van der Waals surface area contributed by atoms with Crippen LogP contribution in [0.25, 0.3) is 0 Å². The zero-order chi connectivity index (χ0) is 24.7. The Bertz CT molecular complexity index is 1220. The summed E-state index contributed by atoms with van der Waals surface area (Å²) in [5.41, 5.74) is 2.17. The van der Waals surface area contributed by atoms with Gasteiger partial charge in [-0.25, -0.2) is 13.1 Å². The molecule has 184 valence electrons. The summed E-state index contributed by atoms with van der Waals surface area (Å²) in [6.07, 6.45) is 2.93. The first-order valence-corrected chi connectivity index (χ1v) is 13.6. The molecule has 1 aliphatic rings. The van der Waals surface area contributed by atoms with Crippen LogP contribution in [-0.4, -0.2) is 34.0 Å². The second-order valence-electron chi connectivity index (χ2n) is 9.17. The van der Waals surface area contributed by atoms with Crippen molar-refractivity contribution in [2.45, 2.75) is 42.9 Å². The van der Waals surface area contributed by atoms with Crippen LogP contribution >= 0.6 is 0 Å². The fraction of sp³-hybridized carbons (Fsp3) is 0.321. The molecule has 3 aromatic rings. The molecule has 0 aromatic heterocycles. The zero-order valence-electron chi connectivity index (χ0n) is 19.9. The maximum atomic E-state index is 13.0. The van der Waals surface area contributed by atoms with Crippen molar-refractivity contribution in [1.29, 1.82) is 0 Å². The van der Waals surface area contributed by atoms with Crippen LogP contribution in [0.3, 0.4) is 0 Å². The molecule has 0 bridgehead atoms. The molecule has 0 aliphatic heterocycles. The van der Waals surface area contributed by atoms with Gasteiger partial charge in [0.25, 0.3) is 5.91 Å². The van der Waals surface area contributed by atoms with Crippen molar-refractivity contribution < 1.29 is 17.9 Å². The van der Waals surface area contributed by atoms with Gasteiger partial charge in [0.1, 0.15) is 5.75 Å². The van der Waals surface area contributed by atoms with Crippen LogP contribution in [0.2, 0.25) is 0 Å². The van der Waals surface area contributed by atoms with Gasteiger partial charge in [0.15, 0.2) is 0 Å². The molecule has 35 heavy (non-hydrogen) atoms. The second kappa shape index (κ2) is 11.1. The van der Waals surface area contributed by atoms with E-state index in [0.29, 0.717) is 30.7 Å². The van der Waals surface area contributed by atoms with E-state index in [-0.39, 0.29) is 23.1 Å². The number of benzene rings is 3. The minimum atomic E-state index is -3.44. The fourth-order valence-electron chi connectivity index (χ4n) is 4.91. The molecule has 3 aromatic carbocycles. The molecule has 0 radical (unpaired) electrons. The van der Waals surface area contributed by atoms with Crippen LogP contribution in [0, 0.1) is 0 Å². The minimum absolute atomic E-state index is 0.0247. The van der Waals surface area contributed by atoms with E-state index in [0.717, 1.165) is 24.0 Å². The highest BCUT2D eigenvalue weighted by atomic mass is 32.2. The van der Waals surface area contributed by atoms with E-state index in [4.69, 9.17) is 4.74 Å². The number of nitrogens with one attached hydrogen (secondary N) is 2. The SMILES string of the molecule is COc1ccccc1C(=O)NCC1(c2ccccc2)CCC(NS(=O)(=O)Cc2ccccc2)CC1. The van der Waals surface area contributed by atoms with E-state index < -0.39 is 10.0 Å². The highest BCUT2D eigenvalue weighted by molar-refractivity contribution is 7.88. The molecule has 0 spiro atoms. The monoisotopic (exact) mass is 492 g/mol. The Morgan fingerprint density at radius 1 is 0.914 bits per heavy atom. The first-order chi connectivity index (χ1) is 16.9. The van der Waals surface area contributed by atoms with Crippen LogP contribution in [0.5, 0.6) is 5.75 Å². The smallest absolute Gasteiger partial charge is 0.255 e. The van der Waals surface area contributed by atoms with Gasteiger partial charge in [0.05, 0.1) is 18.4 Å². The summed E-state index contributed by atoms with van der Waals surface area (Å²) in [5.74, 6) is 0.335. The summed E-state index contributed by atoms with van der Waals surface area (Å²) in [6.45, 7) is 0.470. The number of methoxy groups -OCH3 is 1. The largest absolute Gasteiger partial charge is 0.496 e. The Morgan fingerprint density at radius 2 is 1.51 bits per heavy atom. The third-order valence-corrected chi connectivity index (χ3v) is 8.22. The minimum Gasteiger partial charge on any atom is -0.496 e. The summed E-state index contributed by atoms with van der Waals surface area (Å²) in [5, 5.41) is 3.12. The van der Waals surface area contributed by atoms with Crippen LogP contribution < -0.4 is 14.8 Å². The number of hydrogen-bond donors (Lipinski definition) is 2. The van der Waals surface area contributed by atoms with Crippen molar-refractivity contribution in [2.24, 2.45) is 0 Å². The summed E-state index contributed by atoms with van der Waals surface area (Å²) in [6, 6.07) is 26.5. The first kappa shape index (κ1) is 24.9. The van der Waals surface area contributed by atoms with Crippen LogP contribution in [0.15, 0.2) is 84.9 Å². The molecule has 1 amide bonds. The number of carbonyl (C=O) groups is 1. The fourth-order valence-corrected chi connectivity index (χ4v) is 6.37. The maximum Gasteiger partial charge on any atom is 0.255 e. The molecule has 0 atom stereocenters. The summed E-state index contributed by atoms with van der Waals surface area (Å²) < 4.78 is 33.8.